The van der Waals surface area contributed by atoms with Gasteiger partial charge in [0.1, 0.15) is 5.75 Å². The Labute approximate surface area is 198 Å². The van der Waals surface area contributed by atoms with Crippen molar-refractivity contribution in [2.45, 2.75) is 64.9 Å². The third kappa shape index (κ3) is 2.85. The monoisotopic (exact) mass is 464 g/mol. The van der Waals surface area contributed by atoms with E-state index in [1.165, 1.54) is 12.7 Å². The molecule has 1 fully saturated rings. The number of ether oxygens (including phenoxy) is 2. The summed E-state index contributed by atoms with van der Waals surface area (Å²) in [7, 11) is 1.43. The van der Waals surface area contributed by atoms with Crippen LogP contribution in [0.2, 0.25) is 0 Å². The van der Waals surface area contributed by atoms with Gasteiger partial charge in [-0.3, -0.25) is 0 Å². The van der Waals surface area contributed by atoms with Crippen molar-refractivity contribution in [3.63, 3.8) is 0 Å². The summed E-state index contributed by atoms with van der Waals surface area (Å²) in [5.74, 6) is 0.393. The Hall–Kier alpha value is -2.82. The van der Waals surface area contributed by atoms with Crippen LogP contribution in [0, 0.1) is 10.8 Å². The lowest BCUT2D eigenvalue weighted by Gasteiger charge is -2.51. The highest BCUT2D eigenvalue weighted by Crippen LogP contribution is 2.65. The van der Waals surface area contributed by atoms with Gasteiger partial charge in [0.05, 0.1) is 13.5 Å². The van der Waals surface area contributed by atoms with Crippen LogP contribution in [0.1, 0.15) is 63.6 Å². The summed E-state index contributed by atoms with van der Waals surface area (Å²) in [6.07, 6.45) is -0.886. The van der Waals surface area contributed by atoms with Crippen molar-refractivity contribution in [2.24, 2.45) is 10.8 Å². The molecule has 1 heterocycles. The van der Waals surface area contributed by atoms with E-state index in [0.717, 1.165) is 36.0 Å². The van der Waals surface area contributed by atoms with E-state index in [4.69, 9.17) is 9.47 Å². The van der Waals surface area contributed by atoms with E-state index in [1.807, 2.05) is 12.1 Å². The van der Waals surface area contributed by atoms with Crippen LogP contribution in [0.4, 0.5) is 8.78 Å². The molecule has 2 aliphatic carbocycles. The second-order valence-corrected chi connectivity index (χ2v) is 12.0. The largest absolute Gasteiger partial charge is 0.507 e. The molecule has 34 heavy (non-hydrogen) atoms. The standard InChI is InChI=1S/C29H30F2O3/c1-26(2)13-27(3,4)15-28(14-26)19-9-7-6-8-16(19)24-20(28)11-21(32)17-10-22(33-5)25-18(23(17)24)12-29(30,31)34-25/h6-11,32H,12-15H2,1-5H3. The number of fused-ring (bicyclic) bond motifs is 9. The van der Waals surface area contributed by atoms with Gasteiger partial charge in [0, 0.05) is 21.8 Å². The van der Waals surface area contributed by atoms with Gasteiger partial charge in [-0.25, -0.2) is 0 Å². The number of phenols is 1. The zero-order valence-corrected chi connectivity index (χ0v) is 20.3. The van der Waals surface area contributed by atoms with Crippen LogP contribution in [0.15, 0.2) is 36.4 Å². The van der Waals surface area contributed by atoms with Crippen LogP contribution in [0.25, 0.3) is 21.9 Å². The molecule has 3 nitrogen and oxygen atoms in total. The molecule has 3 aromatic carbocycles. The molecule has 1 spiro atoms. The van der Waals surface area contributed by atoms with E-state index in [-0.39, 0.29) is 33.5 Å². The zero-order chi connectivity index (χ0) is 24.3. The lowest BCUT2D eigenvalue weighted by Crippen LogP contribution is -2.43. The molecule has 0 atom stereocenters. The fourth-order valence-electron chi connectivity index (χ4n) is 7.84. The maximum absolute atomic E-state index is 14.5. The average molecular weight is 465 g/mol. The van der Waals surface area contributed by atoms with Gasteiger partial charge in [0.25, 0.3) is 0 Å². The maximum atomic E-state index is 14.5. The van der Waals surface area contributed by atoms with E-state index < -0.39 is 12.5 Å². The summed E-state index contributed by atoms with van der Waals surface area (Å²) in [5, 5.41) is 12.5. The molecule has 0 aromatic heterocycles. The number of hydrogen-bond donors (Lipinski definition) is 1. The SMILES string of the molecule is COc1cc2c(O)cc3c(c2c2c1OC(F)(F)C2)-c1ccccc1C31CC(C)(C)CC(C)(C)C1. The lowest BCUT2D eigenvalue weighted by molar-refractivity contribution is -0.159. The molecule has 6 rings (SSSR count). The number of alkyl halides is 2. The predicted octanol–water partition coefficient (Wildman–Crippen LogP) is 7.58. The first kappa shape index (κ1) is 21.7. The predicted molar refractivity (Wildman–Crippen MR) is 129 cm³/mol. The first-order chi connectivity index (χ1) is 15.9. The first-order valence-electron chi connectivity index (χ1n) is 11.9. The molecular weight excluding hydrogens is 434 g/mol. The Morgan fingerprint density at radius 1 is 0.941 bits per heavy atom. The average Bonchev–Trinajstić information content (AvgIpc) is 3.17. The van der Waals surface area contributed by atoms with E-state index >= 15 is 0 Å². The molecule has 0 amide bonds. The van der Waals surface area contributed by atoms with Crippen LogP contribution < -0.4 is 9.47 Å². The van der Waals surface area contributed by atoms with Crippen molar-refractivity contribution in [1.29, 1.82) is 0 Å². The summed E-state index contributed by atoms with van der Waals surface area (Å²) >= 11 is 0. The summed E-state index contributed by atoms with van der Waals surface area (Å²) in [5.41, 5.74) is 4.58. The first-order valence-corrected chi connectivity index (χ1v) is 11.9. The minimum Gasteiger partial charge on any atom is -0.507 e. The van der Waals surface area contributed by atoms with Crippen molar-refractivity contribution in [1.82, 2.24) is 0 Å². The highest BCUT2D eigenvalue weighted by Gasteiger charge is 2.54. The molecule has 1 N–H and O–H groups in total. The third-order valence-corrected chi connectivity index (χ3v) is 8.02. The molecule has 1 aliphatic heterocycles. The Morgan fingerprint density at radius 3 is 2.29 bits per heavy atom. The molecular formula is C29H30F2O3. The van der Waals surface area contributed by atoms with Gasteiger partial charge in [-0.15, -0.1) is 0 Å². The Morgan fingerprint density at radius 2 is 1.62 bits per heavy atom. The molecule has 178 valence electrons. The fraction of sp³-hybridized carbons (Fsp3) is 0.448. The number of rotatable bonds is 1. The van der Waals surface area contributed by atoms with Crippen LogP contribution >= 0.6 is 0 Å². The molecule has 1 saturated carbocycles. The fourth-order valence-corrected chi connectivity index (χ4v) is 7.84. The number of phenolic OH excluding ortho intramolecular Hbond substituents is 1. The van der Waals surface area contributed by atoms with E-state index in [2.05, 4.69) is 45.9 Å². The van der Waals surface area contributed by atoms with Crippen LogP contribution in [0.5, 0.6) is 17.2 Å². The molecule has 5 heteroatoms. The maximum Gasteiger partial charge on any atom is 0.402 e. The van der Waals surface area contributed by atoms with Crippen molar-refractivity contribution in [2.75, 3.05) is 7.11 Å². The van der Waals surface area contributed by atoms with Crippen molar-refractivity contribution < 1.29 is 23.4 Å². The van der Waals surface area contributed by atoms with Crippen LogP contribution in [-0.4, -0.2) is 18.3 Å². The lowest BCUT2D eigenvalue weighted by atomic mass is 9.52. The van der Waals surface area contributed by atoms with E-state index in [0.29, 0.717) is 16.3 Å². The van der Waals surface area contributed by atoms with E-state index in [1.54, 1.807) is 6.07 Å². The van der Waals surface area contributed by atoms with Gasteiger partial charge in [0.2, 0.25) is 0 Å². The second kappa shape index (κ2) is 6.44. The topological polar surface area (TPSA) is 38.7 Å². The summed E-state index contributed by atoms with van der Waals surface area (Å²) in [4.78, 5) is 0. The Balaban J connectivity index is 1.76. The number of methoxy groups -OCH3 is 1. The van der Waals surface area contributed by atoms with Gasteiger partial charge in [-0.05, 0) is 64.5 Å². The van der Waals surface area contributed by atoms with Gasteiger partial charge in [-0.1, -0.05) is 52.0 Å². The Bertz CT molecular complexity index is 1350. The number of hydrogen-bond acceptors (Lipinski definition) is 3. The van der Waals surface area contributed by atoms with E-state index in [9.17, 15) is 13.9 Å². The number of aromatic hydroxyl groups is 1. The molecule has 0 unspecified atom stereocenters. The highest BCUT2D eigenvalue weighted by molar-refractivity contribution is 6.08. The van der Waals surface area contributed by atoms with Gasteiger partial charge in [0.15, 0.2) is 11.5 Å². The van der Waals surface area contributed by atoms with Crippen LogP contribution in [-0.2, 0) is 11.8 Å². The second-order valence-electron chi connectivity index (χ2n) is 12.0. The highest BCUT2D eigenvalue weighted by atomic mass is 19.3. The minimum absolute atomic E-state index is 0.0792. The number of benzene rings is 3. The molecule has 3 aromatic rings. The molecule has 0 radical (unpaired) electrons. The quantitative estimate of drug-likeness (QED) is 0.403. The van der Waals surface area contributed by atoms with Gasteiger partial charge in [-0.2, -0.15) is 8.78 Å². The number of halogens is 2. The summed E-state index contributed by atoms with van der Waals surface area (Å²) < 4.78 is 39.6. The molecule has 0 saturated heterocycles. The van der Waals surface area contributed by atoms with Crippen molar-refractivity contribution >= 4 is 10.8 Å². The van der Waals surface area contributed by atoms with Gasteiger partial charge < -0.3 is 14.6 Å². The summed E-state index contributed by atoms with van der Waals surface area (Å²) in [6.45, 7) is 9.25. The van der Waals surface area contributed by atoms with Crippen molar-refractivity contribution in [3.05, 3.63) is 53.1 Å². The zero-order valence-electron chi connectivity index (χ0n) is 20.3. The minimum atomic E-state index is -3.31. The smallest absolute Gasteiger partial charge is 0.402 e. The Kier molecular flexibility index (Phi) is 4.11. The van der Waals surface area contributed by atoms with Gasteiger partial charge >= 0.3 is 6.11 Å². The third-order valence-electron chi connectivity index (χ3n) is 8.02. The molecule has 0 bridgehead atoms. The normalized spacial score (nSPS) is 22.2. The summed E-state index contributed by atoms with van der Waals surface area (Å²) in [6, 6.07) is 11.9. The van der Waals surface area contributed by atoms with Crippen LogP contribution in [0.3, 0.4) is 0 Å². The van der Waals surface area contributed by atoms with Crippen molar-refractivity contribution in [3.8, 4) is 28.4 Å². The molecule has 3 aliphatic rings.